The maximum absolute atomic E-state index is 12.9. The van der Waals surface area contributed by atoms with Gasteiger partial charge in [0, 0.05) is 26.5 Å². The first kappa shape index (κ1) is 30.9. The predicted octanol–water partition coefficient (Wildman–Crippen LogP) is 5.19. The smallest absolute Gasteiger partial charge is 0.259 e. The normalized spacial score (nSPS) is 23.5. The van der Waals surface area contributed by atoms with Crippen LogP contribution in [0.15, 0.2) is 41.7 Å². The van der Waals surface area contributed by atoms with Gasteiger partial charge in [-0.25, -0.2) is 14.6 Å². The van der Waals surface area contributed by atoms with Gasteiger partial charge in [0.2, 0.25) is 5.91 Å². The third-order valence-corrected chi connectivity index (χ3v) is 9.25. The molecule has 1 fully saturated rings. The van der Waals surface area contributed by atoms with E-state index in [-0.39, 0.29) is 60.4 Å². The van der Waals surface area contributed by atoms with Crippen molar-refractivity contribution in [3.63, 3.8) is 0 Å². The molecule has 0 bridgehead atoms. The minimum Gasteiger partial charge on any atom is -0.374 e. The Hall–Kier alpha value is -2.53. The fraction of sp³-hybridized carbons (Fsp3) is 0.600. The number of amidine groups is 1. The molecule has 1 saturated heterocycles. The van der Waals surface area contributed by atoms with Crippen LogP contribution in [0.3, 0.4) is 0 Å². The number of rotatable bonds is 12. The lowest BCUT2D eigenvalue weighted by atomic mass is 10.1. The van der Waals surface area contributed by atoms with E-state index < -0.39 is 33.1 Å². The average molecular weight is 603 g/mol. The number of ketones is 1. The number of carbonyl (C=O) groups excluding carboxylic acids is 2. The predicted molar refractivity (Wildman–Crippen MR) is 162 cm³/mol. The number of Topliss-reactive ketones (excluding diaryl/α,β-unsaturated/α-hetero) is 1. The molecule has 12 heteroatoms. The monoisotopic (exact) mass is 602 g/mol. The van der Waals surface area contributed by atoms with Gasteiger partial charge in [-0.3, -0.25) is 14.2 Å². The molecule has 2 aliphatic rings. The van der Waals surface area contributed by atoms with Crippen LogP contribution in [0.4, 0.5) is 5.82 Å². The van der Waals surface area contributed by atoms with E-state index in [4.69, 9.17) is 19.9 Å². The van der Waals surface area contributed by atoms with Crippen molar-refractivity contribution in [2.45, 2.75) is 97.9 Å². The van der Waals surface area contributed by atoms with Gasteiger partial charge in [-0.05, 0) is 46.6 Å². The minimum atomic E-state index is -1.56. The highest BCUT2D eigenvalue weighted by atomic mass is 31.2. The number of imidazole rings is 1. The number of hydrogen-bond acceptors (Lipinski definition) is 9. The molecule has 1 aromatic heterocycles. The number of benzene rings is 1. The van der Waals surface area contributed by atoms with Crippen molar-refractivity contribution in [3.8, 4) is 0 Å². The highest BCUT2D eigenvalue weighted by Crippen LogP contribution is 2.50. The van der Waals surface area contributed by atoms with E-state index in [9.17, 15) is 9.59 Å². The van der Waals surface area contributed by atoms with Crippen LogP contribution in [0.2, 0.25) is 0 Å². The maximum Gasteiger partial charge on any atom is 0.259 e. The molecule has 2 aromatic rings. The van der Waals surface area contributed by atoms with E-state index >= 15 is 0 Å². The Bertz CT molecular complexity index is 1260. The number of aliphatic imine (C=N–C) groups is 1. The molecule has 5 unspecified atom stereocenters. The summed E-state index contributed by atoms with van der Waals surface area (Å²) in [5.41, 5.74) is 1.37. The zero-order valence-corrected chi connectivity index (χ0v) is 26.4. The van der Waals surface area contributed by atoms with Crippen molar-refractivity contribution in [1.82, 2.24) is 19.5 Å². The van der Waals surface area contributed by atoms with E-state index in [1.165, 1.54) is 11.9 Å². The van der Waals surface area contributed by atoms with Crippen LogP contribution in [0.5, 0.6) is 0 Å². The molecule has 1 amide bonds. The number of hydrogen-bond donors (Lipinski definition) is 1. The summed E-state index contributed by atoms with van der Waals surface area (Å²) in [5.74, 6) is -0.207. The molecule has 11 nitrogen and oxygen atoms in total. The number of nitrogens with one attached hydrogen (secondary N) is 1. The first-order valence-electron chi connectivity index (χ1n) is 15.1. The summed E-state index contributed by atoms with van der Waals surface area (Å²) in [6, 6.07) is 10.4. The number of fused-ring (bicyclic) bond motifs is 1. The zero-order valence-electron chi connectivity index (χ0n) is 26.5. The van der Waals surface area contributed by atoms with Gasteiger partial charge >= 0.3 is 0 Å². The first-order chi connectivity index (χ1) is 20.5. The summed E-state index contributed by atoms with van der Waals surface area (Å²) >= 11 is 0. The second kappa shape index (κ2) is 14.3. The van der Waals surface area contributed by atoms with Crippen LogP contribution in [-0.2, 0) is 29.7 Å². The molecular weight excluding hydrogens is 557 g/mol. The van der Waals surface area contributed by atoms with Gasteiger partial charge in [0.05, 0.1) is 25.5 Å². The van der Waals surface area contributed by atoms with Gasteiger partial charge in [0.1, 0.15) is 18.0 Å². The van der Waals surface area contributed by atoms with E-state index in [0.717, 1.165) is 6.42 Å². The SMILES string of the molecule is [2H]CC1OC(n2cnc3c2N=C(NC(=O)C(C)C)CC3=O)C(OC)C1OP(OCCc1ccccc1)N(C(C)C)C(C)C. The Morgan fingerprint density at radius 3 is 2.52 bits per heavy atom. The number of carbonyl (C=O) groups is 2. The van der Waals surface area contributed by atoms with Crippen molar-refractivity contribution >= 4 is 31.9 Å². The van der Waals surface area contributed by atoms with Crippen molar-refractivity contribution in [2.24, 2.45) is 10.9 Å². The lowest BCUT2D eigenvalue weighted by Crippen LogP contribution is -2.39. The summed E-state index contributed by atoms with van der Waals surface area (Å²) in [6.07, 6.45) is -0.530. The summed E-state index contributed by atoms with van der Waals surface area (Å²) in [4.78, 5) is 34.1. The van der Waals surface area contributed by atoms with Crippen molar-refractivity contribution in [2.75, 3.05) is 13.7 Å². The van der Waals surface area contributed by atoms with Crippen LogP contribution in [0.25, 0.3) is 0 Å². The van der Waals surface area contributed by atoms with Crippen molar-refractivity contribution in [3.05, 3.63) is 47.9 Å². The molecule has 230 valence electrons. The topological polar surface area (TPSA) is 117 Å². The van der Waals surface area contributed by atoms with Gasteiger partial charge in [-0.2, -0.15) is 0 Å². The Kier molecular flexibility index (Phi) is 10.5. The number of methoxy groups -OCH3 is 1. The summed E-state index contributed by atoms with van der Waals surface area (Å²) in [6.45, 7) is 12.3. The van der Waals surface area contributed by atoms with Crippen molar-refractivity contribution < 1.29 is 29.5 Å². The first-order valence-corrected chi connectivity index (χ1v) is 15.6. The Labute approximate surface area is 251 Å². The highest BCUT2D eigenvalue weighted by molar-refractivity contribution is 7.44. The molecule has 4 rings (SSSR count). The minimum absolute atomic E-state index is 0.0480. The molecule has 3 heterocycles. The number of nitrogens with zero attached hydrogens (tertiary/aromatic N) is 4. The Balaban J connectivity index is 1.60. The van der Waals surface area contributed by atoms with Crippen molar-refractivity contribution in [1.29, 1.82) is 0 Å². The summed E-state index contributed by atoms with van der Waals surface area (Å²) in [5, 5.41) is 2.75. The molecule has 1 aromatic carbocycles. The van der Waals surface area contributed by atoms with E-state index in [2.05, 4.69) is 59.8 Å². The summed E-state index contributed by atoms with van der Waals surface area (Å²) < 4.78 is 37.6. The lowest BCUT2D eigenvalue weighted by Gasteiger charge is -2.38. The second-order valence-corrected chi connectivity index (χ2v) is 12.7. The quantitative estimate of drug-likeness (QED) is 0.330. The molecule has 42 heavy (non-hydrogen) atoms. The molecule has 5 atom stereocenters. The lowest BCUT2D eigenvalue weighted by molar-refractivity contribution is -0.122. The molecule has 0 aliphatic carbocycles. The average Bonchev–Trinajstić information content (AvgIpc) is 3.54. The standard InChI is InChI=1S/C30H44N5O6P/c1-18(2)29(37)33-24-16-23(36)25-28(32-24)34(17-31-25)30-27(38-8)26(21(7)40-30)41-42(35(19(3)4)20(5)6)39-15-14-22-12-10-9-11-13-22/h9-13,17-21,26-27,30H,14-16H2,1-8H3,(H,32,33,37)/i7D. The van der Waals surface area contributed by atoms with Gasteiger partial charge < -0.3 is 23.8 Å². The van der Waals surface area contributed by atoms with Gasteiger partial charge in [0.15, 0.2) is 23.5 Å². The van der Waals surface area contributed by atoms with Gasteiger partial charge in [-0.1, -0.05) is 44.2 Å². The van der Waals surface area contributed by atoms with E-state index in [0.29, 0.717) is 6.61 Å². The Morgan fingerprint density at radius 1 is 1.19 bits per heavy atom. The highest BCUT2D eigenvalue weighted by Gasteiger charge is 2.48. The summed E-state index contributed by atoms with van der Waals surface area (Å²) in [7, 11) is 0.0108. The number of amides is 1. The molecule has 0 radical (unpaired) electrons. The fourth-order valence-electron chi connectivity index (χ4n) is 5.04. The number of ether oxygens (including phenoxy) is 2. The van der Waals surface area contributed by atoms with Gasteiger partial charge in [-0.15, -0.1) is 0 Å². The molecule has 2 aliphatic heterocycles. The van der Waals surface area contributed by atoms with Crippen LogP contribution in [-0.4, -0.2) is 75.9 Å². The third-order valence-electron chi connectivity index (χ3n) is 7.12. The molecule has 0 saturated carbocycles. The van der Waals surface area contributed by atoms with Crippen LogP contribution >= 0.6 is 8.53 Å². The number of aromatic nitrogens is 2. The largest absolute Gasteiger partial charge is 0.374 e. The molecule has 0 spiro atoms. The molecule has 1 N–H and O–H groups in total. The fourth-order valence-corrected chi connectivity index (χ4v) is 6.80. The van der Waals surface area contributed by atoms with E-state index in [1.807, 2.05) is 18.2 Å². The van der Waals surface area contributed by atoms with Crippen LogP contribution in [0.1, 0.15) is 78.5 Å². The zero-order chi connectivity index (χ0) is 31.3. The maximum atomic E-state index is 12.9. The van der Waals surface area contributed by atoms with Crippen LogP contribution in [0, 0.1) is 5.92 Å². The molecular formula is C30H44N5O6P. The van der Waals surface area contributed by atoms with E-state index in [1.54, 1.807) is 25.5 Å². The second-order valence-electron chi connectivity index (χ2n) is 11.3. The van der Waals surface area contributed by atoms with Crippen LogP contribution < -0.4 is 5.32 Å². The third kappa shape index (κ3) is 7.33. The Morgan fingerprint density at radius 2 is 1.90 bits per heavy atom. The van der Waals surface area contributed by atoms with Gasteiger partial charge in [0.25, 0.3) is 8.53 Å².